The molecule has 1 aliphatic rings. The molecule has 1 rings (SSSR count). The zero-order valence-electron chi connectivity index (χ0n) is 11.0. The van der Waals surface area contributed by atoms with E-state index < -0.39 is 5.60 Å². The van der Waals surface area contributed by atoms with Crippen molar-refractivity contribution in [3.63, 3.8) is 0 Å². The number of rotatable bonds is 4. The Morgan fingerprint density at radius 3 is 2.25 bits per heavy atom. The van der Waals surface area contributed by atoms with Gasteiger partial charge in [-0.1, -0.05) is 26.0 Å². The maximum atomic E-state index is 12.4. The van der Waals surface area contributed by atoms with Crippen molar-refractivity contribution < 1.29 is 9.53 Å². The Morgan fingerprint density at radius 2 is 1.88 bits per heavy atom. The summed E-state index contributed by atoms with van der Waals surface area (Å²) in [7, 11) is 1.62. The molecule has 2 heteroatoms. The summed E-state index contributed by atoms with van der Waals surface area (Å²) in [5.74, 6) is 0.536. The smallest absolute Gasteiger partial charge is 0.173 e. The van der Waals surface area contributed by atoms with Crippen LogP contribution in [-0.4, -0.2) is 18.5 Å². The lowest BCUT2D eigenvalue weighted by molar-refractivity contribution is -0.134. The summed E-state index contributed by atoms with van der Waals surface area (Å²) in [5, 5.41) is 0. The summed E-state index contributed by atoms with van der Waals surface area (Å²) in [6.07, 6.45) is 5.62. The third-order valence-corrected chi connectivity index (χ3v) is 3.25. The van der Waals surface area contributed by atoms with Gasteiger partial charge in [-0.25, -0.2) is 0 Å². The highest BCUT2D eigenvalue weighted by Gasteiger charge is 2.42. The summed E-state index contributed by atoms with van der Waals surface area (Å²) < 4.78 is 5.58. The molecule has 0 aromatic heterocycles. The summed E-state index contributed by atoms with van der Waals surface area (Å²) in [5.41, 5.74) is 1.27. The zero-order valence-corrected chi connectivity index (χ0v) is 11.0. The van der Waals surface area contributed by atoms with Crippen LogP contribution in [-0.2, 0) is 9.53 Å². The van der Waals surface area contributed by atoms with Gasteiger partial charge in [0.25, 0.3) is 0 Å². The van der Waals surface area contributed by atoms with Gasteiger partial charge in [0.1, 0.15) is 0 Å². The van der Waals surface area contributed by atoms with Crippen LogP contribution >= 0.6 is 0 Å². The van der Waals surface area contributed by atoms with Crippen LogP contribution in [0.1, 0.15) is 40.5 Å². The van der Waals surface area contributed by atoms with E-state index in [4.69, 9.17) is 4.74 Å². The molecule has 16 heavy (non-hydrogen) atoms. The molecule has 0 aromatic carbocycles. The maximum absolute atomic E-state index is 12.4. The standard InChI is InChI=1S/C14H22O2/c1-10(2)9-13(15)14(16-5)11(3)7-6-8-12(14)4/h7-8,10H,6,9H2,1-5H3. The summed E-state index contributed by atoms with van der Waals surface area (Å²) in [6.45, 7) is 8.08. The van der Waals surface area contributed by atoms with Crippen molar-refractivity contribution in [2.75, 3.05) is 7.11 Å². The number of methoxy groups -OCH3 is 1. The number of ketones is 1. The Kier molecular flexibility index (Phi) is 4.09. The molecule has 90 valence electrons. The number of carbonyl (C=O) groups excluding carboxylic acids is 1. The third kappa shape index (κ3) is 2.12. The van der Waals surface area contributed by atoms with Crippen molar-refractivity contribution in [1.29, 1.82) is 0 Å². The molecular weight excluding hydrogens is 200 g/mol. The van der Waals surface area contributed by atoms with Crippen LogP contribution in [0.2, 0.25) is 0 Å². The molecule has 0 unspecified atom stereocenters. The van der Waals surface area contributed by atoms with Gasteiger partial charge in [-0.05, 0) is 37.3 Å². The lowest BCUT2D eigenvalue weighted by Crippen LogP contribution is -2.44. The molecule has 0 saturated carbocycles. The van der Waals surface area contributed by atoms with E-state index in [-0.39, 0.29) is 5.78 Å². The second kappa shape index (κ2) is 4.96. The van der Waals surface area contributed by atoms with Crippen LogP contribution < -0.4 is 0 Å². The van der Waals surface area contributed by atoms with Gasteiger partial charge in [0.05, 0.1) is 0 Å². The molecule has 0 amide bonds. The fourth-order valence-electron chi connectivity index (χ4n) is 2.40. The monoisotopic (exact) mass is 222 g/mol. The highest BCUT2D eigenvalue weighted by atomic mass is 16.5. The molecule has 0 fully saturated rings. The minimum absolute atomic E-state index is 0.173. The molecule has 2 nitrogen and oxygen atoms in total. The van der Waals surface area contributed by atoms with Crippen LogP contribution in [0.15, 0.2) is 23.3 Å². The predicted molar refractivity (Wildman–Crippen MR) is 66.3 cm³/mol. The SMILES string of the molecule is COC1(C(=O)CC(C)C)C(C)=CCC=C1C. The van der Waals surface area contributed by atoms with E-state index in [1.807, 2.05) is 13.8 Å². The first-order valence-corrected chi connectivity index (χ1v) is 5.88. The molecule has 0 radical (unpaired) electrons. The van der Waals surface area contributed by atoms with E-state index in [1.54, 1.807) is 7.11 Å². The first-order valence-electron chi connectivity index (χ1n) is 5.88. The van der Waals surface area contributed by atoms with Gasteiger partial charge in [0.15, 0.2) is 11.4 Å². The van der Waals surface area contributed by atoms with Gasteiger partial charge in [-0.15, -0.1) is 0 Å². The van der Waals surface area contributed by atoms with E-state index in [0.717, 1.165) is 17.6 Å². The van der Waals surface area contributed by atoms with Gasteiger partial charge in [0.2, 0.25) is 0 Å². The average Bonchev–Trinajstić information content (AvgIpc) is 2.17. The molecule has 0 aliphatic heterocycles. The molecule has 0 heterocycles. The van der Waals surface area contributed by atoms with Crippen LogP contribution in [0.3, 0.4) is 0 Å². The average molecular weight is 222 g/mol. The van der Waals surface area contributed by atoms with Crippen molar-refractivity contribution >= 4 is 5.78 Å². The molecule has 0 aromatic rings. The number of carbonyl (C=O) groups is 1. The van der Waals surface area contributed by atoms with Crippen LogP contribution in [0.4, 0.5) is 0 Å². The normalized spacial score (nSPS) is 19.4. The topological polar surface area (TPSA) is 26.3 Å². The van der Waals surface area contributed by atoms with Crippen LogP contribution in [0, 0.1) is 5.92 Å². The van der Waals surface area contributed by atoms with Crippen LogP contribution in [0.25, 0.3) is 0 Å². The Bertz CT molecular complexity index is 317. The summed E-state index contributed by atoms with van der Waals surface area (Å²) in [4.78, 5) is 12.4. The highest BCUT2D eigenvalue weighted by molar-refractivity contribution is 5.94. The van der Waals surface area contributed by atoms with Crippen LogP contribution in [0.5, 0.6) is 0 Å². The molecule has 0 bridgehead atoms. The first kappa shape index (κ1) is 13.2. The second-order valence-corrected chi connectivity index (χ2v) is 4.92. The minimum Gasteiger partial charge on any atom is -0.362 e. The van der Waals surface area contributed by atoms with Crippen molar-refractivity contribution in [2.24, 2.45) is 5.92 Å². The Balaban J connectivity index is 3.08. The van der Waals surface area contributed by atoms with Crippen molar-refractivity contribution in [3.8, 4) is 0 Å². The Morgan fingerprint density at radius 1 is 1.38 bits per heavy atom. The van der Waals surface area contributed by atoms with Crippen molar-refractivity contribution in [1.82, 2.24) is 0 Å². The van der Waals surface area contributed by atoms with Crippen molar-refractivity contribution in [2.45, 2.75) is 46.1 Å². The van der Waals surface area contributed by atoms with Gasteiger partial charge in [-0.3, -0.25) is 4.79 Å². The lowest BCUT2D eigenvalue weighted by atomic mass is 9.77. The number of Topliss-reactive ketones (excluding diaryl/α,β-unsaturated/α-hetero) is 1. The van der Waals surface area contributed by atoms with E-state index in [9.17, 15) is 4.79 Å². The Hall–Kier alpha value is -0.890. The quantitative estimate of drug-likeness (QED) is 0.682. The second-order valence-electron chi connectivity index (χ2n) is 4.92. The molecular formula is C14H22O2. The highest BCUT2D eigenvalue weighted by Crippen LogP contribution is 2.35. The van der Waals surface area contributed by atoms with Crippen molar-refractivity contribution in [3.05, 3.63) is 23.3 Å². The third-order valence-electron chi connectivity index (χ3n) is 3.25. The fourth-order valence-corrected chi connectivity index (χ4v) is 2.40. The molecule has 1 aliphatic carbocycles. The number of ether oxygens (including phenoxy) is 1. The number of allylic oxidation sites excluding steroid dienone is 2. The van der Waals surface area contributed by atoms with Gasteiger partial charge < -0.3 is 4.74 Å². The molecule has 0 spiro atoms. The Labute approximate surface area is 98.4 Å². The zero-order chi connectivity index (χ0) is 12.3. The number of hydrogen-bond acceptors (Lipinski definition) is 2. The van der Waals surface area contributed by atoms with E-state index in [1.165, 1.54) is 0 Å². The van der Waals surface area contributed by atoms with E-state index in [2.05, 4.69) is 26.0 Å². The molecule has 0 atom stereocenters. The van der Waals surface area contributed by atoms with Gasteiger partial charge in [-0.2, -0.15) is 0 Å². The first-order chi connectivity index (χ1) is 7.45. The molecule has 0 N–H and O–H groups in total. The largest absolute Gasteiger partial charge is 0.362 e. The number of hydrogen-bond donors (Lipinski definition) is 0. The fraction of sp³-hybridized carbons (Fsp3) is 0.643. The maximum Gasteiger partial charge on any atom is 0.173 e. The van der Waals surface area contributed by atoms with Gasteiger partial charge in [0, 0.05) is 13.5 Å². The summed E-state index contributed by atoms with van der Waals surface area (Å²) >= 11 is 0. The predicted octanol–water partition coefficient (Wildman–Crippen LogP) is 3.28. The van der Waals surface area contributed by atoms with E-state index in [0.29, 0.717) is 12.3 Å². The summed E-state index contributed by atoms with van der Waals surface area (Å²) in [6, 6.07) is 0. The van der Waals surface area contributed by atoms with E-state index >= 15 is 0 Å². The van der Waals surface area contributed by atoms with Gasteiger partial charge >= 0.3 is 0 Å². The molecule has 0 saturated heterocycles. The minimum atomic E-state index is -0.789. The lowest BCUT2D eigenvalue weighted by Gasteiger charge is -2.36.